The molecule has 2 aromatic heterocycles. The molecule has 0 aliphatic rings. The molecule has 28 heavy (non-hydrogen) atoms. The number of alkyl halides is 3. The quantitative estimate of drug-likeness (QED) is 0.536. The molecule has 0 spiro atoms. The number of hydrogen-bond acceptors (Lipinski definition) is 2. The van der Waals surface area contributed by atoms with E-state index in [1.165, 1.54) is 28.9 Å². The highest BCUT2D eigenvalue weighted by Crippen LogP contribution is 2.34. The summed E-state index contributed by atoms with van der Waals surface area (Å²) in [6, 6.07) is 9.29. The van der Waals surface area contributed by atoms with Gasteiger partial charge in [-0.15, -0.1) is 6.42 Å². The van der Waals surface area contributed by atoms with Crippen LogP contribution in [0.4, 0.5) is 13.2 Å². The molecule has 0 saturated carbocycles. The molecular weight excluding hydrogens is 371 g/mol. The summed E-state index contributed by atoms with van der Waals surface area (Å²) in [6.07, 6.45) is 2.59. The summed E-state index contributed by atoms with van der Waals surface area (Å²) in [5.74, 6) is 1.38. The fraction of sp³-hybridized carbons (Fsp3) is 0.100. The van der Waals surface area contributed by atoms with E-state index in [9.17, 15) is 23.1 Å². The highest BCUT2D eigenvalue weighted by molar-refractivity contribution is 6.09. The standard InChI is InChI=1S/C20H12F3N3O2/c1-2-9-25-11-17-18(24-25)15-10-12(19(27)28)3-8-16(15)26(17)14-6-4-13(5-7-14)20(21,22)23/h1,3-8,10-11H,9H2,(H,27,28). The fourth-order valence-electron chi connectivity index (χ4n) is 3.20. The van der Waals surface area contributed by atoms with E-state index in [-0.39, 0.29) is 12.1 Å². The molecule has 4 rings (SSSR count). The van der Waals surface area contributed by atoms with Gasteiger partial charge in [0.2, 0.25) is 0 Å². The molecule has 0 aliphatic heterocycles. The lowest BCUT2D eigenvalue weighted by Gasteiger charge is -2.10. The second-order valence-electron chi connectivity index (χ2n) is 6.18. The maximum atomic E-state index is 12.9. The van der Waals surface area contributed by atoms with Gasteiger partial charge in [0, 0.05) is 11.1 Å². The summed E-state index contributed by atoms with van der Waals surface area (Å²) in [6.45, 7) is 0.210. The molecule has 0 fully saturated rings. The highest BCUT2D eigenvalue weighted by Gasteiger charge is 2.30. The van der Waals surface area contributed by atoms with Crippen LogP contribution in [0, 0.1) is 12.3 Å². The Hall–Kier alpha value is -3.73. The van der Waals surface area contributed by atoms with Crippen LogP contribution in [-0.4, -0.2) is 25.4 Å². The van der Waals surface area contributed by atoms with Gasteiger partial charge in [0.05, 0.1) is 28.4 Å². The molecule has 0 radical (unpaired) electrons. The van der Waals surface area contributed by atoms with Crippen LogP contribution in [0.3, 0.4) is 0 Å². The molecule has 2 aromatic carbocycles. The van der Waals surface area contributed by atoms with Crippen molar-refractivity contribution in [3.05, 3.63) is 59.8 Å². The number of benzene rings is 2. The first-order valence-corrected chi connectivity index (χ1v) is 8.15. The third-order valence-corrected chi connectivity index (χ3v) is 4.43. The first kappa shape index (κ1) is 17.7. The lowest BCUT2D eigenvalue weighted by molar-refractivity contribution is -0.137. The molecular formula is C20H12F3N3O2. The number of fused-ring (bicyclic) bond motifs is 3. The molecule has 0 amide bonds. The van der Waals surface area contributed by atoms with Gasteiger partial charge in [-0.05, 0) is 42.5 Å². The average Bonchev–Trinajstić information content (AvgIpc) is 3.17. The summed E-state index contributed by atoms with van der Waals surface area (Å²) in [5, 5.41) is 14.3. The minimum atomic E-state index is -4.43. The van der Waals surface area contributed by atoms with Crippen LogP contribution in [-0.2, 0) is 12.7 Å². The van der Waals surface area contributed by atoms with E-state index in [2.05, 4.69) is 11.0 Å². The van der Waals surface area contributed by atoms with Gasteiger partial charge in [0.1, 0.15) is 12.1 Å². The van der Waals surface area contributed by atoms with Crippen LogP contribution in [0.5, 0.6) is 0 Å². The second-order valence-corrected chi connectivity index (χ2v) is 6.18. The highest BCUT2D eigenvalue weighted by atomic mass is 19.4. The number of nitrogens with zero attached hydrogens (tertiary/aromatic N) is 3. The van der Waals surface area contributed by atoms with E-state index in [1.54, 1.807) is 16.8 Å². The molecule has 0 atom stereocenters. The van der Waals surface area contributed by atoms with Crippen molar-refractivity contribution >= 4 is 27.9 Å². The van der Waals surface area contributed by atoms with Crippen molar-refractivity contribution in [1.29, 1.82) is 0 Å². The number of carbonyl (C=O) groups is 1. The van der Waals surface area contributed by atoms with E-state index in [1.807, 2.05) is 0 Å². The molecule has 1 N–H and O–H groups in total. The van der Waals surface area contributed by atoms with Crippen molar-refractivity contribution in [2.75, 3.05) is 0 Å². The van der Waals surface area contributed by atoms with Gasteiger partial charge < -0.3 is 9.67 Å². The summed E-state index contributed by atoms with van der Waals surface area (Å²) < 4.78 is 41.9. The van der Waals surface area contributed by atoms with Crippen LogP contribution >= 0.6 is 0 Å². The number of rotatable bonds is 3. The van der Waals surface area contributed by atoms with Gasteiger partial charge in [-0.1, -0.05) is 5.92 Å². The van der Waals surface area contributed by atoms with Crippen molar-refractivity contribution in [2.24, 2.45) is 0 Å². The van der Waals surface area contributed by atoms with Crippen LogP contribution in [0.25, 0.3) is 27.6 Å². The summed E-state index contributed by atoms with van der Waals surface area (Å²) >= 11 is 0. The average molecular weight is 383 g/mol. The van der Waals surface area contributed by atoms with Crippen LogP contribution < -0.4 is 0 Å². The SMILES string of the molecule is C#CCn1cc2c(n1)c1cc(C(=O)O)ccc1n2-c1ccc(C(F)(F)F)cc1. The lowest BCUT2D eigenvalue weighted by Crippen LogP contribution is -2.05. The Labute approximate surface area is 156 Å². The zero-order chi connectivity index (χ0) is 20.1. The molecule has 4 aromatic rings. The topological polar surface area (TPSA) is 60.1 Å². The Morgan fingerprint density at radius 2 is 1.86 bits per heavy atom. The number of halogens is 3. The minimum absolute atomic E-state index is 0.0884. The molecule has 0 saturated heterocycles. The number of terminal acetylenes is 1. The minimum Gasteiger partial charge on any atom is -0.478 e. The van der Waals surface area contributed by atoms with E-state index in [4.69, 9.17) is 6.42 Å². The van der Waals surface area contributed by atoms with Crippen LogP contribution in [0.15, 0.2) is 48.7 Å². The first-order valence-electron chi connectivity index (χ1n) is 8.15. The summed E-state index contributed by atoms with van der Waals surface area (Å²) in [5.41, 5.74) is 1.61. The lowest BCUT2D eigenvalue weighted by atomic mass is 10.1. The Bertz CT molecular complexity index is 1260. The molecule has 0 aliphatic carbocycles. The van der Waals surface area contributed by atoms with Gasteiger partial charge in [-0.25, -0.2) is 4.79 Å². The maximum absolute atomic E-state index is 12.9. The predicted octanol–water partition coefficient (Wildman–Crippen LogP) is 4.33. The zero-order valence-corrected chi connectivity index (χ0v) is 14.2. The Kier molecular flexibility index (Phi) is 3.89. The molecule has 140 valence electrons. The van der Waals surface area contributed by atoms with Crippen molar-refractivity contribution < 1.29 is 23.1 Å². The van der Waals surface area contributed by atoms with Crippen molar-refractivity contribution in [3.8, 4) is 18.0 Å². The molecule has 0 bridgehead atoms. The molecule has 5 nitrogen and oxygen atoms in total. The summed E-state index contributed by atoms with van der Waals surface area (Å²) in [4.78, 5) is 11.3. The van der Waals surface area contributed by atoms with E-state index >= 15 is 0 Å². The number of carboxylic acid groups (broad SMARTS) is 1. The van der Waals surface area contributed by atoms with E-state index < -0.39 is 17.7 Å². The number of aromatic nitrogens is 3. The van der Waals surface area contributed by atoms with Gasteiger partial charge in [0.25, 0.3) is 0 Å². The number of hydrogen-bond donors (Lipinski definition) is 1. The Balaban J connectivity index is 2.00. The van der Waals surface area contributed by atoms with Gasteiger partial charge >= 0.3 is 12.1 Å². The maximum Gasteiger partial charge on any atom is 0.416 e. The zero-order valence-electron chi connectivity index (χ0n) is 14.2. The van der Waals surface area contributed by atoms with E-state index in [0.717, 1.165) is 12.1 Å². The monoisotopic (exact) mass is 383 g/mol. The normalized spacial score (nSPS) is 11.8. The fourth-order valence-corrected chi connectivity index (χ4v) is 3.20. The Morgan fingerprint density at radius 1 is 1.14 bits per heavy atom. The van der Waals surface area contributed by atoms with E-state index in [0.29, 0.717) is 27.6 Å². The van der Waals surface area contributed by atoms with Gasteiger partial charge in [-0.3, -0.25) is 4.68 Å². The largest absolute Gasteiger partial charge is 0.478 e. The number of carboxylic acids is 1. The predicted molar refractivity (Wildman–Crippen MR) is 97.4 cm³/mol. The van der Waals surface area contributed by atoms with Crippen molar-refractivity contribution in [2.45, 2.75) is 12.7 Å². The van der Waals surface area contributed by atoms with Gasteiger partial charge in [0.15, 0.2) is 0 Å². The van der Waals surface area contributed by atoms with Crippen LogP contribution in [0.2, 0.25) is 0 Å². The van der Waals surface area contributed by atoms with Crippen molar-refractivity contribution in [1.82, 2.24) is 14.3 Å². The third-order valence-electron chi connectivity index (χ3n) is 4.43. The second kappa shape index (κ2) is 6.16. The number of aromatic carboxylic acids is 1. The molecule has 8 heteroatoms. The third kappa shape index (κ3) is 2.77. The van der Waals surface area contributed by atoms with Gasteiger partial charge in [-0.2, -0.15) is 18.3 Å². The smallest absolute Gasteiger partial charge is 0.416 e. The Morgan fingerprint density at radius 3 is 2.46 bits per heavy atom. The van der Waals surface area contributed by atoms with Crippen LogP contribution in [0.1, 0.15) is 15.9 Å². The summed E-state index contributed by atoms with van der Waals surface area (Å²) in [7, 11) is 0. The molecule has 0 unspecified atom stereocenters. The first-order chi connectivity index (χ1) is 13.3. The molecule has 2 heterocycles. The van der Waals surface area contributed by atoms with Crippen molar-refractivity contribution in [3.63, 3.8) is 0 Å².